The number of fused-ring (bicyclic) bond motifs is 1. The fraction of sp³-hybridized carbons (Fsp3) is 0.292. The molecule has 0 spiro atoms. The molecule has 2 aromatic carbocycles. The van der Waals surface area contributed by atoms with E-state index >= 15 is 0 Å². The molecular formula is C24H25N3O2. The number of aromatic amines is 1. The van der Waals surface area contributed by atoms with E-state index in [2.05, 4.69) is 22.1 Å². The van der Waals surface area contributed by atoms with Crippen LogP contribution >= 0.6 is 0 Å². The second-order valence-electron chi connectivity index (χ2n) is 7.39. The van der Waals surface area contributed by atoms with E-state index in [1.165, 1.54) is 0 Å². The van der Waals surface area contributed by atoms with E-state index in [0.29, 0.717) is 43.5 Å². The van der Waals surface area contributed by atoms with Crippen molar-refractivity contribution in [2.75, 3.05) is 6.54 Å². The second-order valence-corrected chi connectivity index (χ2v) is 7.39. The van der Waals surface area contributed by atoms with Crippen molar-refractivity contribution < 1.29 is 9.90 Å². The number of H-pyrrole nitrogens is 1. The van der Waals surface area contributed by atoms with Gasteiger partial charge >= 0.3 is 0 Å². The Morgan fingerprint density at radius 3 is 2.66 bits per heavy atom. The zero-order valence-electron chi connectivity index (χ0n) is 16.6. The molecule has 1 aromatic heterocycles. The van der Waals surface area contributed by atoms with Gasteiger partial charge in [0.05, 0.1) is 16.6 Å². The molecule has 1 aliphatic carbocycles. The maximum Gasteiger partial charge on any atom is 0.168 e. The predicted octanol–water partition coefficient (Wildman–Crippen LogP) is 4.92. The number of aliphatic hydroxyl groups excluding tert-OH is 1. The Hall–Kier alpha value is -3.21. The average molecular weight is 387 g/mol. The number of hydrogen-bond acceptors (Lipinski definition) is 4. The molecule has 1 fully saturated rings. The summed E-state index contributed by atoms with van der Waals surface area (Å²) in [6.07, 6.45) is 2.16. The van der Waals surface area contributed by atoms with Gasteiger partial charge in [0.1, 0.15) is 11.6 Å². The van der Waals surface area contributed by atoms with E-state index in [-0.39, 0.29) is 17.5 Å². The zero-order chi connectivity index (χ0) is 20.2. The van der Waals surface area contributed by atoms with Crippen LogP contribution in [0.5, 0.6) is 0 Å². The number of aliphatic hydroxyl groups is 1. The minimum Gasteiger partial charge on any atom is -0.512 e. The molecule has 3 aromatic rings. The van der Waals surface area contributed by atoms with Gasteiger partial charge in [-0.2, -0.15) is 0 Å². The van der Waals surface area contributed by atoms with Crippen LogP contribution in [0.15, 0.2) is 70.9 Å². The van der Waals surface area contributed by atoms with E-state index in [1.807, 2.05) is 49.4 Å². The van der Waals surface area contributed by atoms with Crippen LogP contribution in [0.4, 0.5) is 0 Å². The van der Waals surface area contributed by atoms with Crippen LogP contribution in [0, 0.1) is 0 Å². The molecule has 0 unspecified atom stereocenters. The maximum atomic E-state index is 12.8. The molecule has 148 valence electrons. The molecule has 1 atom stereocenters. The van der Waals surface area contributed by atoms with Crippen molar-refractivity contribution in [2.45, 2.75) is 38.5 Å². The minimum atomic E-state index is -0.0214. The van der Waals surface area contributed by atoms with E-state index in [1.54, 1.807) is 0 Å². The minimum absolute atomic E-state index is 0.0214. The quantitative estimate of drug-likeness (QED) is 0.482. The van der Waals surface area contributed by atoms with E-state index in [0.717, 1.165) is 22.4 Å². The average Bonchev–Trinajstić information content (AvgIpc) is 3.16. The standard InChI is InChI=1S/C24H25N3O2/c1-2-21(28)24-20(14-17(15-22(24)29)16-8-4-3-5-9-16)25-13-12-23-26-18-10-6-7-11-19(18)27-23/h3-11,17,28H,2,12-15H2,1H3,(H,26,27)/t17-/m0/s1. The molecule has 4 rings (SSSR count). The number of ketones is 1. The summed E-state index contributed by atoms with van der Waals surface area (Å²) in [6.45, 7) is 2.37. The normalized spacial score (nSPS) is 20.4. The van der Waals surface area contributed by atoms with Crippen molar-refractivity contribution in [3.63, 3.8) is 0 Å². The number of Topliss-reactive ketones (excluding diaryl/α,β-unsaturated/α-hetero) is 1. The number of hydrogen-bond donors (Lipinski definition) is 2. The van der Waals surface area contributed by atoms with Crippen molar-refractivity contribution in [1.82, 2.24) is 9.97 Å². The van der Waals surface area contributed by atoms with Crippen molar-refractivity contribution in [3.8, 4) is 0 Å². The third-order valence-electron chi connectivity index (χ3n) is 5.42. The zero-order valence-corrected chi connectivity index (χ0v) is 16.6. The lowest BCUT2D eigenvalue weighted by molar-refractivity contribution is -0.115. The van der Waals surface area contributed by atoms with Crippen LogP contribution in [0.1, 0.15) is 43.5 Å². The Bertz CT molecular complexity index is 1050. The summed E-state index contributed by atoms with van der Waals surface area (Å²) >= 11 is 0. The lowest BCUT2D eigenvalue weighted by Gasteiger charge is -2.26. The van der Waals surface area contributed by atoms with Gasteiger partial charge in [0.15, 0.2) is 5.78 Å². The summed E-state index contributed by atoms with van der Waals surface area (Å²) in [7, 11) is 0. The van der Waals surface area contributed by atoms with Gasteiger partial charge in [-0.05, 0) is 30.0 Å². The van der Waals surface area contributed by atoms with Crippen LogP contribution < -0.4 is 0 Å². The summed E-state index contributed by atoms with van der Waals surface area (Å²) in [5, 5.41) is 10.4. The number of para-hydroxylation sites is 2. The molecule has 0 amide bonds. The number of carbonyl (C=O) groups excluding carboxylic acids is 1. The van der Waals surface area contributed by atoms with E-state index < -0.39 is 0 Å². The highest BCUT2D eigenvalue weighted by molar-refractivity contribution is 6.24. The first-order valence-electron chi connectivity index (χ1n) is 10.1. The van der Waals surface area contributed by atoms with Gasteiger partial charge in [-0.25, -0.2) is 4.98 Å². The Labute approximate surface area is 170 Å². The van der Waals surface area contributed by atoms with Gasteiger partial charge < -0.3 is 10.1 Å². The molecule has 0 aliphatic heterocycles. The largest absolute Gasteiger partial charge is 0.512 e. The summed E-state index contributed by atoms with van der Waals surface area (Å²) in [5.74, 6) is 1.10. The molecule has 5 heteroatoms. The Morgan fingerprint density at radius 1 is 1.14 bits per heavy atom. The van der Waals surface area contributed by atoms with Gasteiger partial charge in [-0.1, -0.05) is 49.4 Å². The fourth-order valence-electron chi connectivity index (χ4n) is 3.92. The number of aliphatic imine (C=N–C) groups is 1. The number of nitrogens with one attached hydrogen (secondary N) is 1. The van der Waals surface area contributed by atoms with Crippen LogP contribution in [-0.2, 0) is 11.2 Å². The molecule has 29 heavy (non-hydrogen) atoms. The molecule has 1 aliphatic rings. The van der Waals surface area contributed by atoms with E-state index in [9.17, 15) is 9.90 Å². The fourth-order valence-corrected chi connectivity index (χ4v) is 3.92. The number of imidazole rings is 1. The molecule has 1 saturated carbocycles. The second kappa shape index (κ2) is 8.43. The first-order valence-corrected chi connectivity index (χ1v) is 10.1. The maximum absolute atomic E-state index is 12.8. The Kier molecular flexibility index (Phi) is 5.56. The van der Waals surface area contributed by atoms with Gasteiger partial charge in [0.25, 0.3) is 0 Å². The Balaban J connectivity index is 1.57. The first kappa shape index (κ1) is 19.1. The summed E-state index contributed by atoms with van der Waals surface area (Å²) in [4.78, 5) is 25.5. The highest BCUT2D eigenvalue weighted by atomic mass is 16.3. The number of aromatic nitrogens is 2. The number of carbonyl (C=O) groups is 1. The number of benzene rings is 2. The van der Waals surface area contributed by atoms with Gasteiger partial charge in [0.2, 0.25) is 0 Å². The van der Waals surface area contributed by atoms with Gasteiger partial charge in [-0.15, -0.1) is 0 Å². The number of rotatable bonds is 5. The van der Waals surface area contributed by atoms with Crippen LogP contribution in [0.2, 0.25) is 0 Å². The molecule has 0 saturated heterocycles. The lowest BCUT2D eigenvalue weighted by Crippen LogP contribution is -2.27. The topological polar surface area (TPSA) is 78.3 Å². The molecule has 5 nitrogen and oxygen atoms in total. The van der Waals surface area contributed by atoms with Crippen LogP contribution in [-0.4, -0.2) is 33.1 Å². The SMILES string of the molecule is CCC(O)=C1C(=O)C[C@@H](c2ccccc2)CC1=NCCc1nc2ccccc2[nH]1. The highest BCUT2D eigenvalue weighted by Crippen LogP contribution is 2.33. The Morgan fingerprint density at radius 2 is 1.90 bits per heavy atom. The number of nitrogens with zero attached hydrogens (tertiary/aromatic N) is 2. The van der Waals surface area contributed by atoms with Gasteiger partial charge in [-0.3, -0.25) is 9.79 Å². The van der Waals surface area contributed by atoms with Crippen molar-refractivity contribution >= 4 is 22.5 Å². The van der Waals surface area contributed by atoms with Crippen molar-refractivity contribution in [2.24, 2.45) is 4.99 Å². The van der Waals surface area contributed by atoms with Crippen molar-refractivity contribution in [1.29, 1.82) is 0 Å². The lowest BCUT2D eigenvalue weighted by atomic mass is 9.79. The van der Waals surface area contributed by atoms with E-state index in [4.69, 9.17) is 4.99 Å². The molecular weight excluding hydrogens is 362 g/mol. The van der Waals surface area contributed by atoms with Crippen LogP contribution in [0.3, 0.4) is 0 Å². The third kappa shape index (κ3) is 4.14. The molecule has 1 heterocycles. The summed E-state index contributed by atoms with van der Waals surface area (Å²) < 4.78 is 0. The van der Waals surface area contributed by atoms with Gasteiger partial charge in [0, 0.05) is 31.5 Å². The highest BCUT2D eigenvalue weighted by Gasteiger charge is 2.31. The molecule has 2 N–H and O–H groups in total. The number of allylic oxidation sites excluding steroid dienone is 2. The monoisotopic (exact) mass is 387 g/mol. The van der Waals surface area contributed by atoms with Crippen molar-refractivity contribution in [3.05, 3.63) is 77.3 Å². The predicted molar refractivity (Wildman–Crippen MR) is 115 cm³/mol. The summed E-state index contributed by atoms with van der Waals surface area (Å²) in [5.41, 5.74) is 4.23. The smallest absolute Gasteiger partial charge is 0.168 e. The molecule has 0 radical (unpaired) electrons. The third-order valence-corrected chi connectivity index (χ3v) is 5.42. The molecule has 0 bridgehead atoms. The first-order chi connectivity index (χ1) is 14.2. The van der Waals surface area contributed by atoms with Crippen LogP contribution in [0.25, 0.3) is 11.0 Å². The summed E-state index contributed by atoms with van der Waals surface area (Å²) in [6, 6.07) is 18.0.